The summed E-state index contributed by atoms with van der Waals surface area (Å²) in [6, 6.07) is 18.5. The van der Waals surface area contributed by atoms with Crippen molar-refractivity contribution in [3.63, 3.8) is 0 Å². The van der Waals surface area contributed by atoms with Gasteiger partial charge in [0.15, 0.2) is 0 Å². The maximum absolute atomic E-state index is 14.5. The van der Waals surface area contributed by atoms with Gasteiger partial charge in [0.05, 0.1) is 24.6 Å². The van der Waals surface area contributed by atoms with Gasteiger partial charge in [0, 0.05) is 54.2 Å². The first-order valence-electron chi connectivity index (χ1n) is 12.0. The molecule has 0 saturated carbocycles. The molecule has 4 heterocycles. The highest BCUT2D eigenvalue weighted by atomic mass is 19.1. The van der Waals surface area contributed by atoms with Gasteiger partial charge in [-0.25, -0.2) is 19.4 Å². The Morgan fingerprint density at radius 2 is 1.68 bits per heavy atom. The topological polar surface area (TPSA) is 90.8 Å². The fraction of sp³-hybridized carbons (Fsp3) is 0.185. The summed E-state index contributed by atoms with van der Waals surface area (Å²) in [7, 11) is 0. The molecule has 4 aromatic rings. The van der Waals surface area contributed by atoms with Crippen LogP contribution in [0.1, 0.15) is 5.56 Å². The number of rotatable bonds is 6. The van der Waals surface area contributed by atoms with E-state index in [0.717, 1.165) is 41.6 Å². The smallest absolute Gasteiger partial charge is 0.227 e. The predicted molar refractivity (Wildman–Crippen MR) is 141 cm³/mol. The summed E-state index contributed by atoms with van der Waals surface area (Å²) in [6.45, 7) is 3.26. The molecule has 0 radical (unpaired) electrons. The minimum atomic E-state index is -0.297. The van der Waals surface area contributed by atoms with Crippen LogP contribution in [-0.4, -0.2) is 53.8 Å². The van der Waals surface area contributed by atoms with Gasteiger partial charge in [-0.1, -0.05) is 0 Å². The van der Waals surface area contributed by atoms with Crippen molar-refractivity contribution >= 4 is 28.8 Å². The molecular weight excluding hydrogens is 471 g/mol. The average molecular weight is 497 g/mol. The first-order chi connectivity index (χ1) is 18.2. The lowest BCUT2D eigenvalue weighted by Crippen LogP contribution is -2.36. The highest BCUT2D eigenvalue weighted by Gasteiger charge is 2.17. The van der Waals surface area contributed by atoms with Crippen molar-refractivity contribution in [3.05, 3.63) is 90.6 Å². The van der Waals surface area contributed by atoms with E-state index < -0.39 is 0 Å². The molecule has 2 N–H and O–H groups in total. The molecule has 2 aromatic heterocycles. The zero-order chi connectivity index (χ0) is 25.0. The fourth-order valence-corrected chi connectivity index (χ4v) is 4.31. The van der Waals surface area contributed by atoms with Crippen molar-refractivity contribution in [3.8, 4) is 11.3 Å². The van der Waals surface area contributed by atoms with E-state index in [9.17, 15) is 4.39 Å². The van der Waals surface area contributed by atoms with Crippen molar-refractivity contribution in [2.24, 2.45) is 4.99 Å². The van der Waals surface area contributed by atoms with Crippen molar-refractivity contribution < 1.29 is 9.13 Å². The molecule has 0 amide bonds. The van der Waals surface area contributed by atoms with Gasteiger partial charge in [-0.05, 0) is 60.7 Å². The van der Waals surface area contributed by atoms with E-state index in [4.69, 9.17) is 4.74 Å². The van der Waals surface area contributed by atoms with Gasteiger partial charge in [-0.2, -0.15) is 0 Å². The van der Waals surface area contributed by atoms with Gasteiger partial charge >= 0.3 is 0 Å². The number of nitrogens with one attached hydrogen (secondary N) is 2. The van der Waals surface area contributed by atoms with Crippen molar-refractivity contribution in [1.29, 1.82) is 0 Å². The second-order valence-electron chi connectivity index (χ2n) is 8.66. The summed E-state index contributed by atoms with van der Waals surface area (Å²) < 4.78 is 19.9. The number of pyridine rings is 1. The maximum atomic E-state index is 14.5. The van der Waals surface area contributed by atoms with Crippen LogP contribution in [0.3, 0.4) is 0 Å². The van der Waals surface area contributed by atoms with Crippen LogP contribution in [0.4, 0.5) is 27.4 Å². The molecule has 0 atom stereocenters. The second kappa shape index (κ2) is 10.2. The van der Waals surface area contributed by atoms with E-state index in [-0.39, 0.29) is 5.82 Å². The lowest BCUT2D eigenvalue weighted by atomic mass is 10.1. The molecule has 1 saturated heterocycles. The van der Waals surface area contributed by atoms with Crippen LogP contribution >= 0.6 is 0 Å². The summed E-state index contributed by atoms with van der Waals surface area (Å²) in [5.41, 5.74) is 8.29. The summed E-state index contributed by atoms with van der Waals surface area (Å²) in [5, 5.41) is 5.21. The van der Waals surface area contributed by atoms with Gasteiger partial charge in [0.2, 0.25) is 5.95 Å². The van der Waals surface area contributed by atoms with E-state index in [1.165, 1.54) is 6.07 Å². The van der Waals surface area contributed by atoms with E-state index in [0.29, 0.717) is 37.1 Å². The first kappa shape index (κ1) is 22.9. The molecule has 2 aliphatic heterocycles. The molecule has 9 nitrogen and oxygen atoms in total. The van der Waals surface area contributed by atoms with E-state index in [1.807, 2.05) is 47.5 Å². The van der Waals surface area contributed by atoms with Gasteiger partial charge in [-0.3, -0.25) is 15.4 Å². The predicted octanol–water partition coefficient (Wildman–Crippen LogP) is 3.99. The number of ether oxygens (including phenoxy) is 1. The van der Waals surface area contributed by atoms with E-state index >= 15 is 0 Å². The Bertz CT molecular complexity index is 1410. The molecule has 2 aliphatic rings. The van der Waals surface area contributed by atoms with Crippen LogP contribution in [0.5, 0.6) is 0 Å². The number of hydrazine groups is 1. The monoisotopic (exact) mass is 496 g/mol. The summed E-state index contributed by atoms with van der Waals surface area (Å²) in [5.74, 6) is 0.947. The van der Waals surface area contributed by atoms with Crippen LogP contribution in [-0.2, 0) is 4.74 Å². The zero-order valence-corrected chi connectivity index (χ0v) is 20.0. The number of hydrogen-bond acceptors (Lipinski definition) is 9. The van der Waals surface area contributed by atoms with Crippen LogP contribution < -0.4 is 20.7 Å². The highest BCUT2D eigenvalue weighted by Crippen LogP contribution is 2.27. The Kier molecular flexibility index (Phi) is 6.30. The van der Waals surface area contributed by atoms with Gasteiger partial charge in [0.25, 0.3) is 0 Å². The van der Waals surface area contributed by atoms with Crippen LogP contribution in [0.25, 0.3) is 11.3 Å². The van der Waals surface area contributed by atoms with E-state index in [1.54, 1.807) is 30.7 Å². The number of nitrogens with zero attached hydrogens (tertiary/aromatic N) is 6. The van der Waals surface area contributed by atoms with Crippen molar-refractivity contribution in [2.45, 2.75) is 0 Å². The maximum Gasteiger partial charge on any atom is 0.227 e. The second-order valence-corrected chi connectivity index (χ2v) is 8.66. The number of halogens is 1. The molecule has 2 aromatic carbocycles. The number of benzene rings is 2. The molecular formula is C27H25FN8O. The highest BCUT2D eigenvalue weighted by molar-refractivity contribution is 6.00. The summed E-state index contributed by atoms with van der Waals surface area (Å²) in [6.07, 6.45) is 5.17. The van der Waals surface area contributed by atoms with E-state index in [2.05, 4.69) is 35.6 Å². The molecule has 1 fully saturated rings. The molecule has 6 rings (SSSR count). The Labute approximate surface area is 213 Å². The van der Waals surface area contributed by atoms with Crippen molar-refractivity contribution in [1.82, 2.24) is 20.4 Å². The van der Waals surface area contributed by atoms with Gasteiger partial charge in [0.1, 0.15) is 18.3 Å². The first-order valence-corrected chi connectivity index (χ1v) is 12.0. The largest absolute Gasteiger partial charge is 0.378 e. The number of amidine groups is 1. The Morgan fingerprint density at radius 1 is 0.865 bits per heavy atom. The fourth-order valence-electron chi connectivity index (χ4n) is 4.31. The number of hydrogen-bond donors (Lipinski definition) is 2. The molecule has 37 heavy (non-hydrogen) atoms. The Hall–Kier alpha value is -4.57. The molecule has 10 heteroatoms. The Morgan fingerprint density at radius 3 is 2.49 bits per heavy atom. The molecule has 0 bridgehead atoms. The Balaban J connectivity index is 1.14. The third-order valence-electron chi connectivity index (χ3n) is 6.21. The molecule has 186 valence electrons. The number of morpholine rings is 1. The molecule has 0 unspecified atom stereocenters. The third kappa shape index (κ3) is 5.19. The SMILES string of the molecule is Fc1cc(-c2ccnc(Nc3ccc(N4CN=C(c5ccncc5)N4)cc3)n2)cc(N2CCOCC2)c1. The van der Waals surface area contributed by atoms with Gasteiger partial charge < -0.3 is 15.0 Å². The van der Waals surface area contributed by atoms with Crippen LogP contribution in [0.2, 0.25) is 0 Å². The third-order valence-corrected chi connectivity index (χ3v) is 6.21. The minimum absolute atomic E-state index is 0.297. The van der Waals surface area contributed by atoms with Gasteiger partial charge in [-0.15, -0.1) is 0 Å². The lowest BCUT2D eigenvalue weighted by Gasteiger charge is -2.29. The average Bonchev–Trinajstić information content (AvgIpc) is 3.45. The lowest BCUT2D eigenvalue weighted by molar-refractivity contribution is 0.122. The molecule has 0 aliphatic carbocycles. The van der Waals surface area contributed by atoms with Crippen LogP contribution in [0.15, 0.2) is 84.2 Å². The molecule has 0 spiro atoms. The zero-order valence-electron chi connectivity index (χ0n) is 20.0. The summed E-state index contributed by atoms with van der Waals surface area (Å²) >= 11 is 0. The standard InChI is InChI=1S/C27H25FN8O/c28-21-15-20(16-24(17-21)35-11-13-37-14-12-35)25-7-10-30-27(33-25)32-22-1-3-23(4-2-22)36-18-31-26(34-36)19-5-8-29-9-6-19/h1-10,15-17H,11-14,18H2,(H,31,34)(H,30,32,33). The van der Waals surface area contributed by atoms with Crippen LogP contribution in [0, 0.1) is 5.82 Å². The quantitative estimate of drug-likeness (QED) is 0.414. The number of aromatic nitrogens is 3. The normalized spacial score (nSPS) is 15.3. The minimum Gasteiger partial charge on any atom is -0.378 e. The summed E-state index contributed by atoms with van der Waals surface area (Å²) in [4.78, 5) is 19.7. The number of aliphatic imine (C=N–C) groups is 1. The van der Waals surface area contributed by atoms with Crippen molar-refractivity contribution in [2.75, 3.05) is 48.2 Å². The number of anilines is 4.